The molecule has 2 rings (SSSR count). The van der Waals surface area contributed by atoms with Crippen LogP contribution in [0.2, 0.25) is 0 Å². The van der Waals surface area contributed by atoms with Crippen molar-refractivity contribution in [2.45, 2.75) is 45.6 Å². The van der Waals surface area contributed by atoms with Crippen LogP contribution in [0.4, 0.5) is 10.5 Å². The van der Waals surface area contributed by atoms with Crippen LogP contribution in [0.15, 0.2) is 24.3 Å². The minimum absolute atomic E-state index is 0.170. The van der Waals surface area contributed by atoms with Crippen molar-refractivity contribution in [1.29, 1.82) is 0 Å². The molecule has 21 heavy (non-hydrogen) atoms. The van der Waals surface area contributed by atoms with E-state index in [4.69, 9.17) is 0 Å². The molecular formula is C17H26N2O2. The molecule has 0 heterocycles. The van der Waals surface area contributed by atoms with Crippen molar-refractivity contribution in [2.75, 3.05) is 11.9 Å². The van der Waals surface area contributed by atoms with Gasteiger partial charge in [0.2, 0.25) is 0 Å². The van der Waals surface area contributed by atoms with Crippen LogP contribution in [-0.4, -0.2) is 17.7 Å². The Morgan fingerprint density at radius 2 is 2.24 bits per heavy atom. The predicted molar refractivity (Wildman–Crippen MR) is 85.2 cm³/mol. The Morgan fingerprint density at radius 1 is 1.43 bits per heavy atom. The van der Waals surface area contributed by atoms with E-state index in [2.05, 4.69) is 17.6 Å². The molecule has 0 saturated heterocycles. The van der Waals surface area contributed by atoms with Crippen molar-refractivity contribution < 1.29 is 9.90 Å². The maximum Gasteiger partial charge on any atom is 0.319 e. The minimum atomic E-state index is -0.529. The highest BCUT2D eigenvalue weighted by molar-refractivity contribution is 5.89. The molecule has 1 aliphatic carbocycles. The SMILES string of the molecule is CC1CCCC(CNC(=O)Nc2cccc(C(C)O)c2)C1. The Labute approximate surface area is 126 Å². The minimum Gasteiger partial charge on any atom is -0.389 e. The van der Waals surface area contributed by atoms with Gasteiger partial charge in [0.25, 0.3) is 0 Å². The van der Waals surface area contributed by atoms with E-state index in [-0.39, 0.29) is 6.03 Å². The van der Waals surface area contributed by atoms with E-state index in [0.717, 1.165) is 18.0 Å². The number of carbonyl (C=O) groups is 1. The Bertz CT molecular complexity index is 474. The zero-order chi connectivity index (χ0) is 15.2. The quantitative estimate of drug-likeness (QED) is 0.792. The lowest BCUT2D eigenvalue weighted by molar-refractivity contribution is 0.199. The van der Waals surface area contributed by atoms with Crippen LogP contribution >= 0.6 is 0 Å². The zero-order valence-corrected chi connectivity index (χ0v) is 12.9. The fourth-order valence-corrected chi connectivity index (χ4v) is 3.03. The van der Waals surface area contributed by atoms with E-state index in [1.807, 2.05) is 18.2 Å². The average molecular weight is 290 g/mol. The summed E-state index contributed by atoms with van der Waals surface area (Å²) < 4.78 is 0. The molecule has 1 aliphatic rings. The van der Waals surface area contributed by atoms with Crippen LogP contribution in [0, 0.1) is 11.8 Å². The first kappa shape index (κ1) is 15.8. The largest absolute Gasteiger partial charge is 0.389 e. The van der Waals surface area contributed by atoms with Gasteiger partial charge in [-0.3, -0.25) is 0 Å². The highest BCUT2D eigenvalue weighted by Gasteiger charge is 2.19. The van der Waals surface area contributed by atoms with Gasteiger partial charge in [0.1, 0.15) is 0 Å². The van der Waals surface area contributed by atoms with Crippen LogP contribution in [-0.2, 0) is 0 Å². The number of nitrogens with one attached hydrogen (secondary N) is 2. The monoisotopic (exact) mass is 290 g/mol. The van der Waals surface area contributed by atoms with Gasteiger partial charge in [0.15, 0.2) is 0 Å². The molecule has 1 aromatic carbocycles. The summed E-state index contributed by atoms with van der Waals surface area (Å²) in [7, 11) is 0. The number of aliphatic hydroxyl groups is 1. The molecule has 3 unspecified atom stereocenters. The predicted octanol–water partition coefficient (Wildman–Crippen LogP) is 3.69. The summed E-state index contributed by atoms with van der Waals surface area (Å²) in [5.41, 5.74) is 1.51. The third kappa shape index (κ3) is 5.05. The lowest BCUT2D eigenvalue weighted by Crippen LogP contribution is -2.34. The second-order valence-electron chi connectivity index (χ2n) is 6.27. The van der Waals surface area contributed by atoms with Gasteiger partial charge >= 0.3 is 6.03 Å². The molecule has 1 aromatic rings. The van der Waals surface area contributed by atoms with Crippen LogP contribution < -0.4 is 10.6 Å². The topological polar surface area (TPSA) is 61.4 Å². The number of benzene rings is 1. The lowest BCUT2D eigenvalue weighted by atomic mass is 9.82. The summed E-state index contributed by atoms with van der Waals surface area (Å²) in [6, 6.07) is 7.13. The van der Waals surface area contributed by atoms with Gasteiger partial charge in [0, 0.05) is 12.2 Å². The van der Waals surface area contributed by atoms with E-state index in [1.54, 1.807) is 13.0 Å². The van der Waals surface area contributed by atoms with Crippen LogP contribution in [0.1, 0.15) is 51.2 Å². The first-order chi connectivity index (χ1) is 10.0. The van der Waals surface area contributed by atoms with E-state index < -0.39 is 6.10 Å². The van der Waals surface area contributed by atoms with E-state index >= 15 is 0 Å². The molecule has 116 valence electrons. The Balaban J connectivity index is 1.80. The molecule has 0 spiro atoms. The molecule has 3 atom stereocenters. The van der Waals surface area contributed by atoms with Crippen molar-refractivity contribution in [2.24, 2.45) is 11.8 Å². The summed E-state index contributed by atoms with van der Waals surface area (Å²) in [5, 5.41) is 15.3. The molecule has 0 radical (unpaired) electrons. The molecule has 0 bridgehead atoms. The van der Waals surface area contributed by atoms with Crippen LogP contribution in [0.5, 0.6) is 0 Å². The van der Waals surface area contributed by atoms with Crippen molar-refractivity contribution in [1.82, 2.24) is 5.32 Å². The van der Waals surface area contributed by atoms with Gasteiger partial charge in [-0.2, -0.15) is 0 Å². The first-order valence-corrected chi connectivity index (χ1v) is 7.87. The molecule has 2 amide bonds. The van der Waals surface area contributed by atoms with E-state index in [9.17, 15) is 9.90 Å². The summed E-state index contributed by atoms with van der Waals surface area (Å²) in [6.07, 6.45) is 4.47. The number of aliphatic hydroxyl groups excluding tert-OH is 1. The third-order valence-corrected chi connectivity index (χ3v) is 4.22. The van der Waals surface area contributed by atoms with Gasteiger partial charge in [-0.05, 0) is 49.3 Å². The Kier molecular flexibility index (Phi) is 5.62. The van der Waals surface area contributed by atoms with Crippen molar-refractivity contribution in [3.05, 3.63) is 29.8 Å². The molecule has 4 heteroatoms. The molecule has 4 nitrogen and oxygen atoms in total. The summed E-state index contributed by atoms with van der Waals surface area (Å²) in [5.74, 6) is 1.37. The average Bonchev–Trinajstić information content (AvgIpc) is 2.45. The standard InChI is InChI=1S/C17H26N2O2/c1-12-5-3-6-14(9-12)11-18-17(21)19-16-8-4-7-15(10-16)13(2)20/h4,7-8,10,12-14,20H,3,5-6,9,11H2,1-2H3,(H2,18,19,21). The van der Waals surface area contributed by atoms with Crippen LogP contribution in [0.3, 0.4) is 0 Å². The molecule has 3 N–H and O–H groups in total. The van der Waals surface area contributed by atoms with Crippen molar-refractivity contribution in [3.63, 3.8) is 0 Å². The van der Waals surface area contributed by atoms with Gasteiger partial charge in [-0.15, -0.1) is 0 Å². The number of anilines is 1. The highest BCUT2D eigenvalue weighted by Crippen LogP contribution is 2.27. The smallest absolute Gasteiger partial charge is 0.319 e. The molecule has 1 fully saturated rings. The number of urea groups is 1. The fourth-order valence-electron chi connectivity index (χ4n) is 3.03. The van der Waals surface area contributed by atoms with Gasteiger partial charge < -0.3 is 15.7 Å². The third-order valence-electron chi connectivity index (χ3n) is 4.22. The normalized spacial score (nSPS) is 23.4. The second kappa shape index (κ2) is 7.46. The highest BCUT2D eigenvalue weighted by atomic mass is 16.3. The maximum absolute atomic E-state index is 11.9. The van der Waals surface area contributed by atoms with Gasteiger partial charge in [0.05, 0.1) is 6.10 Å². The fraction of sp³-hybridized carbons (Fsp3) is 0.588. The van der Waals surface area contributed by atoms with E-state index in [1.165, 1.54) is 25.7 Å². The number of rotatable bonds is 4. The molecular weight excluding hydrogens is 264 g/mol. The molecule has 0 aliphatic heterocycles. The number of hydrogen-bond donors (Lipinski definition) is 3. The van der Waals surface area contributed by atoms with Gasteiger partial charge in [-0.25, -0.2) is 4.79 Å². The lowest BCUT2D eigenvalue weighted by Gasteiger charge is -2.26. The second-order valence-corrected chi connectivity index (χ2v) is 6.27. The zero-order valence-electron chi connectivity index (χ0n) is 12.9. The Morgan fingerprint density at radius 3 is 2.95 bits per heavy atom. The number of amides is 2. The van der Waals surface area contributed by atoms with Crippen LogP contribution in [0.25, 0.3) is 0 Å². The summed E-state index contributed by atoms with van der Waals surface area (Å²) >= 11 is 0. The number of hydrogen-bond acceptors (Lipinski definition) is 2. The molecule has 0 aromatic heterocycles. The maximum atomic E-state index is 11.9. The summed E-state index contributed by atoms with van der Waals surface area (Å²) in [4.78, 5) is 11.9. The van der Waals surface area contributed by atoms with Crippen molar-refractivity contribution >= 4 is 11.7 Å². The first-order valence-electron chi connectivity index (χ1n) is 7.87. The molecule has 1 saturated carbocycles. The van der Waals surface area contributed by atoms with Crippen molar-refractivity contribution in [3.8, 4) is 0 Å². The Hall–Kier alpha value is -1.55. The van der Waals surface area contributed by atoms with Gasteiger partial charge in [-0.1, -0.05) is 31.9 Å². The summed E-state index contributed by atoms with van der Waals surface area (Å²) in [6.45, 7) is 4.74. The van der Waals surface area contributed by atoms with E-state index in [0.29, 0.717) is 11.6 Å². The number of carbonyl (C=O) groups excluding carboxylic acids is 1.